The van der Waals surface area contributed by atoms with Crippen molar-refractivity contribution >= 4 is 22.4 Å². The number of carbonyl (C=O) groups excluding carboxylic acids is 1. The summed E-state index contributed by atoms with van der Waals surface area (Å²) in [7, 11) is 4.51. The lowest BCUT2D eigenvalue weighted by atomic mass is 10.1. The molecule has 7 nitrogen and oxygen atoms in total. The zero-order valence-electron chi connectivity index (χ0n) is 13.8. The Bertz CT molecular complexity index is 714. The number of methoxy groups -OCH3 is 3. The van der Waals surface area contributed by atoms with Crippen molar-refractivity contribution in [3.05, 3.63) is 22.7 Å². The molecule has 0 aliphatic heterocycles. The van der Waals surface area contributed by atoms with E-state index >= 15 is 0 Å². The number of aromatic nitrogens is 2. The van der Waals surface area contributed by atoms with Gasteiger partial charge >= 0.3 is 0 Å². The normalized spacial score (nSPS) is 10.6. The molecule has 0 bridgehead atoms. The van der Waals surface area contributed by atoms with Crippen LogP contribution >= 0.6 is 11.3 Å². The number of aryl methyl sites for hydroxylation is 1. The monoisotopic (exact) mass is 373 g/mol. The summed E-state index contributed by atoms with van der Waals surface area (Å²) < 4.78 is 40.6. The average molecular weight is 373 g/mol. The molecule has 0 saturated heterocycles. The first-order valence-corrected chi connectivity index (χ1v) is 8.00. The molecule has 1 N–H and O–H groups in total. The van der Waals surface area contributed by atoms with Gasteiger partial charge in [0.15, 0.2) is 16.5 Å². The fraction of sp³-hybridized carbons (Fsp3) is 0.400. The molecule has 0 aliphatic carbocycles. The van der Waals surface area contributed by atoms with Gasteiger partial charge in [-0.2, -0.15) is 0 Å². The number of alkyl halides is 2. The Morgan fingerprint density at radius 2 is 1.80 bits per heavy atom. The van der Waals surface area contributed by atoms with E-state index in [1.165, 1.54) is 21.3 Å². The van der Waals surface area contributed by atoms with E-state index in [9.17, 15) is 13.6 Å². The highest BCUT2D eigenvalue weighted by Gasteiger charge is 2.16. The van der Waals surface area contributed by atoms with Crippen LogP contribution in [0.5, 0.6) is 17.2 Å². The summed E-state index contributed by atoms with van der Waals surface area (Å²) in [5.41, 5.74) is 0.801. The molecule has 25 heavy (non-hydrogen) atoms. The van der Waals surface area contributed by atoms with Crippen LogP contribution in [0.2, 0.25) is 0 Å². The highest BCUT2D eigenvalue weighted by Crippen LogP contribution is 2.38. The lowest BCUT2D eigenvalue weighted by Crippen LogP contribution is -2.12. The minimum atomic E-state index is -2.71. The number of ether oxygens (including phenoxy) is 3. The number of carbonyl (C=O) groups is 1. The van der Waals surface area contributed by atoms with E-state index in [2.05, 4.69) is 15.5 Å². The Hall–Kier alpha value is -2.49. The third kappa shape index (κ3) is 4.75. The van der Waals surface area contributed by atoms with Crippen LogP contribution in [-0.4, -0.2) is 37.4 Å². The molecular weight excluding hydrogens is 356 g/mol. The van der Waals surface area contributed by atoms with Gasteiger partial charge in [-0.25, -0.2) is 8.78 Å². The third-order valence-corrected chi connectivity index (χ3v) is 4.08. The van der Waals surface area contributed by atoms with Crippen LogP contribution in [0.15, 0.2) is 12.1 Å². The molecule has 0 spiro atoms. The Labute approximate surface area is 146 Å². The third-order valence-electron chi connectivity index (χ3n) is 3.24. The van der Waals surface area contributed by atoms with Crippen LogP contribution < -0.4 is 19.5 Å². The summed E-state index contributed by atoms with van der Waals surface area (Å²) in [5, 5.41) is 8.89. The summed E-state index contributed by atoms with van der Waals surface area (Å²) >= 11 is 0.647. The van der Waals surface area contributed by atoms with E-state index in [-0.39, 0.29) is 17.5 Å². The summed E-state index contributed by atoms with van der Waals surface area (Å²) in [6.45, 7) is 0. The van der Waals surface area contributed by atoms with Crippen LogP contribution in [-0.2, 0) is 11.2 Å². The topological polar surface area (TPSA) is 82.6 Å². The van der Waals surface area contributed by atoms with Crippen LogP contribution in [0, 0.1) is 0 Å². The molecule has 1 amide bonds. The highest BCUT2D eigenvalue weighted by molar-refractivity contribution is 7.15. The largest absolute Gasteiger partial charge is 0.493 e. The number of benzene rings is 1. The van der Waals surface area contributed by atoms with Crippen LogP contribution in [0.1, 0.15) is 23.4 Å². The number of amides is 1. The van der Waals surface area contributed by atoms with Gasteiger partial charge in [0, 0.05) is 6.42 Å². The van der Waals surface area contributed by atoms with Gasteiger partial charge in [0.1, 0.15) is 0 Å². The molecule has 0 unspecified atom stereocenters. The van der Waals surface area contributed by atoms with Crippen molar-refractivity contribution < 1.29 is 27.8 Å². The molecule has 1 aromatic heterocycles. The molecule has 1 aromatic carbocycles. The zero-order chi connectivity index (χ0) is 18.4. The van der Waals surface area contributed by atoms with Gasteiger partial charge < -0.3 is 19.5 Å². The maximum Gasteiger partial charge on any atom is 0.291 e. The molecule has 0 aliphatic rings. The van der Waals surface area contributed by atoms with Crippen molar-refractivity contribution in [2.75, 3.05) is 26.6 Å². The van der Waals surface area contributed by atoms with E-state index < -0.39 is 11.4 Å². The molecule has 10 heteroatoms. The average Bonchev–Trinajstić information content (AvgIpc) is 3.07. The van der Waals surface area contributed by atoms with Gasteiger partial charge in [0.2, 0.25) is 16.8 Å². The predicted molar refractivity (Wildman–Crippen MR) is 87.9 cm³/mol. The van der Waals surface area contributed by atoms with Crippen molar-refractivity contribution in [3.8, 4) is 17.2 Å². The van der Waals surface area contributed by atoms with Crippen LogP contribution in [0.4, 0.5) is 13.9 Å². The molecule has 2 aromatic rings. The number of nitrogens with zero attached hydrogens (tertiary/aromatic N) is 2. The minimum Gasteiger partial charge on any atom is -0.493 e. The Morgan fingerprint density at radius 1 is 1.16 bits per heavy atom. The van der Waals surface area contributed by atoms with Gasteiger partial charge in [-0.05, 0) is 24.1 Å². The predicted octanol–water partition coefficient (Wildman–Crippen LogP) is 3.07. The van der Waals surface area contributed by atoms with Gasteiger partial charge in [-0.1, -0.05) is 11.3 Å². The fourth-order valence-electron chi connectivity index (χ4n) is 2.09. The fourth-order valence-corrected chi connectivity index (χ4v) is 2.71. The smallest absolute Gasteiger partial charge is 0.291 e. The SMILES string of the molecule is COc1cc(CCC(=O)Nc2nnc(C(F)F)s2)cc(OC)c1OC. The van der Waals surface area contributed by atoms with Gasteiger partial charge in [-0.15, -0.1) is 10.2 Å². The Morgan fingerprint density at radius 3 is 2.28 bits per heavy atom. The second kappa shape index (κ2) is 8.56. The zero-order valence-corrected chi connectivity index (χ0v) is 14.7. The van der Waals surface area contributed by atoms with Crippen molar-refractivity contribution in [2.45, 2.75) is 19.3 Å². The van der Waals surface area contributed by atoms with Crippen molar-refractivity contribution in [1.82, 2.24) is 10.2 Å². The maximum atomic E-state index is 12.5. The van der Waals surface area contributed by atoms with Crippen molar-refractivity contribution in [1.29, 1.82) is 0 Å². The Balaban J connectivity index is 2.01. The van der Waals surface area contributed by atoms with Crippen molar-refractivity contribution in [3.63, 3.8) is 0 Å². The van der Waals surface area contributed by atoms with E-state index in [0.717, 1.165) is 5.56 Å². The molecule has 0 fully saturated rings. The van der Waals surface area contributed by atoms with E-state index in [4.69, 9.17) is 14.2 Å². The summed E-state index contributed by atoms with van der Waals surface area (Å²) in [6, 6.07) is 3.49. The van der Waals surface area contributed by atoms with E-state index in [1.807, 2.05) is 0 Å². The van der Waals surface area contributed by atoms with Crippen molar-refractivity contribution in [2.24, 2.45) is 0 Å². The first-order valence-electron chi connectivity index (χ1n) is 7.18. The second-order valence-corrected chi connectivity index (χ2v) is 5.84. The Kier molecular flexibility index (Phi) is 6.45. The lowest BCUT2D eigenvalue weighted by Gasteiger charge is -2.14. The summed E-state index contributed by atoms with van der Waals surface area (Å²) in [6.07, 6.45) is -2.19. The number of hydrogen-bond donors (Lipinski definition) is 1. The summed E-state index contributed by atoms with van der Waals surface area (Å²) in [4.78, 5) is 12.0. The number of rotatable bonds is 8. The number of halogens is 2. The molecule has 0 saturated carbocycles. The molecule has 0 radical (unpaired) electrons. The molecule has 136 valence electrons. The number of hydrogen-bond acceptors (Lipinski definition) is 7. The van der Waals surface area contributed by atoms with Crippen LogP contribution in [0.25, 0.3) is 0 Å². The maximum absolute atomic E-state index is 12.5. The number of anilines is 1. The second-order valence-electron chi connectivity index (χ2n) is 4.83. The van der Waals surface area contributed by atoms with E-state index in [1.54, 1.807) is 12.1 Å². The minimum absolute atomic E-state index is 0.0465. The van der Waals surface area contributed by atoms with E-state index in [0.29, 0.717) is 35.0 Å². The van der Waals surface area contributed by atoms with Gasteiger partial charge in [0.25, 0.3) is 6.43 Å². The molecule has 0 atom stereocenters. The molecule has 1 heterocycles. The quantitative estimate of drug-likeness (QED) is 0.766. The molecule has 2 rings (SSSR count). The number of nitrogens with one attached hydrogen (secondary N) is 1. The highest BCUT2D eigenvalue weighted by atomic mass is 32.1. The lowest BCUT2D eigenvalue weighted by molar-refractivity contribution is -0.116. The first kappa shape index (κ1) is 18.8. The standard InChI is InChI=1S/C15H17F2N3O4S/c1-22-9-6-8(7-10(23-2)12(9)24-3)4-5-11(21)18-15-20-19-14(25-15)13(16)17/h6-7,13H,4-5H2,1-3H3,(H,18,20,21). The summed E-state index contributed by atoms with van der Waals surface area (Å²) in [5.74, 6) is 1.09. The molecular formula is C15H17F2N3O4S. The van der Waals surface area contributed by atoms with Crippen LogP contribution in [0.3, 0.4) is 0 Å². The first-order chi connectivity index (χ1) is 12.0. The van der Waals surface area contributed by atoms with Gasteiger partial charge in [-0.3, -0.25) is 4.79 Å². The van der Waals surface area contributed by atoms with Gasteiger partial charge in [0.05, 0.1) is 21.3 Å².